The highest BCUT2D eigenvalue weighted by Gasteiger charge is 2.16. The van der Waals surface area contributed by atoms with Crippen LogP contribution >= 0.6 is 27.5 Å². The molecule has 0 atom stereocenters. The Bertz CT molecular complexity index is 842. The maximum Gasteiger partial charge on any atom is 0.162 e. The summed E-state index contributed by atoms with van der Waals surface area (Å²) >= 11 is 9.84. The Balaban J connectivity index is 0.00000100. The fourth-order valence-electron chi connectivity index (χ4n) is 2.47. The summed E-state index contributed by atoms with van der Waals surface area (Å²) in [5.41, 5.74) is 9.85. The number of imidazole rings is 1. The van der Waals surface area contributed by atoms with Crippen molar-refractivity contribution in [3.8, 4) is 11.1 Å². The molecule has 2 heterocycles. The lowest BCUT2D eigenvalue weighted by molar-refractivity contribution is 0.899. The van der Waals surface area contributed by atoms with E-state index in [4.69, 9.17) is 17.3 Å². The number of fused-ring (bicyclic) bond motifs is 1. The van der Waals surface area contributed by atoms with E-state index < -0.39 is 0 Å². The third-order valence-corrected chi connectivity index (χ3v) is 4.26. The van der Waals surface area contributed by atoms with Gasteiger partial charge in [0, 0.05) is 22.2 Å². The summed E-state index contributed by atoms with van der Waals surface area (Å²) in [5.74, 6) is 0.599. The number of nitrogens with two attached hydrogens (primary N) is 1. The van der Waals surface area contributed by atoms with Crippen LogP contribution in [0.1, 0.15) is 27.7 Å². The maximum atomic E-state index is 6.37. The molecular weight excluding hydrogens is 388 g/mol. The first-order valence-corrected chi connectivity index (χ1v) is 9.13. The van der Waals surface area contributed by atoms with Crippen LogP contribution in [0, 0.1) is 0 Å². The van der Waals surface area contributed by atoms with Crippen LogP contribution in [0.4, 0.5) is 11.5 Å². The maximum absolute atomic E-state index is 6.37. The zero-order chi connectivity index (χ0) is 17.9. The van der Waals surface area contributed by atoms with Gasteiger partial charge in [-0.2, -0.15) is 0 Å². The molecule has 0 fully saturated rings. The average molecular weight is 410 g/mol. The molecule has 128 valence electrons. The monoisotopic (exact) mass is 408 g/mol. The second kappa shape index (κ2) is 7.90. The third kappa shape index (κ3) is 3.52. The van der Waals surface area contributed by atoms with Gasteiger partial charge in [0.1, 0.15) is 10.4 Å². The molecule has 3 rings (SSSR count). The van der Waals surface area contributed by atoms with Crippen LogP contribution in [0.2, 0.25) is 5.02 Å². The van der Waals surface area contributed by atoms with Gasteiger partial charge in [-0.3, -0.25) is 4.40 Å². The van der Waals surface area contributed by atoms with Gasteiger partial charge in [0.2, 0.25) is 0 Å². The summed E-state index contributed by atoms with van der Waals surface area (Å²) in [4.78, 5) is 4.43. The van der Waals surface area contributed by atoms with E-state index in [1.54, 1.807) is 6.20 Å². The van der Waals surface area contributed by atoms with E-state index in [2.05, 4.69) is 40.1 Å². The van der Waals surface area contributed by atoms with Crippen LogP contribution in [0.5, 0.6) is 0 Å². The van der Waals surface area contributed by atoms with Crippen molar-refractivity contribution in [3.05, 3.63) is 46.2 Å². The minimum atomic E-state index is 0.280. The molecule has 0 aliphatic carbocycles. The standard InChI is InChI=1S/C16H16BrClN4.C2H6/c1-9(2)21-13-7-11(10-5-3-4-6-12(10)18)15(19)22-14(17)8-20-16(13)22;1-2/h3-9,21H,19H2,1-2H3;1-2H3. The van der Waals surface area contributed by atoms with Crippen molar-refractivity contribution in [2.45, 2.75) is 33.7 Å². The Labute approximate surface area is 156 Å². The summed E-state index contributed by atoms with van der Waals surface area (Å²) in [7, 11) is 0. The minimum absolute atomic E-state index is 0.280. The predicted molar refractivity (Wildman–Crippen MR) is 108 cm³/mol. The number of pyridine rings is 1. The number of anilines is 2. The van der Waals surface area contributed by atoms with Crippen LogP contribution in [-0.4, -0.2) is 15.4 Å². The number of benzene rings is 1. The number of nitrogen functional groups attached to an aromatic ring is 1. The molecule has 0 saturated carbocycles. The van der Waals surface area contributed by atoms with Gasteiger partial charge < -0.3 is 11.1 Å². The first-order chi connectivity index (χ1) is 11.5. The topological polar surface area (TPSA) is 55.3 Å². The van der Waals surface area contributed by atoms with Gasteiger partial charge in [-0.15, -0.1) is 0 Å². The second-order valence-electron chi connectivity index (χ2n) is 5.38. The second-order valence-corrected chi connectivity index (χ2v) is 6.60. The molecule has 0 saturated heterocycles. The molecular formula is C18H22BrClN4. The highest BCUT2D eigenvalue weighted by atomic mass is 79.9. The van der Waals surface area contributed by atoms with Gasteiger partial charge in [-0.05, 0) is 41.9 Å². The highest BCUT2D eigenvalue weighted by molar-refractivity contribution is 9.10. The lowest BCUT2D eigenvalue weighted by Gasteiger charge is -2.17. The van der Waals surface area contributed by atoms with Crippen LogP contribution in [0.25, 0.3) is 16.8 Å². The number of rotatable bonds is 3. The van der Waals surface area contributed by atoms with Gasteiger partial charge >= 0.3 is 0 Å². The van der Waals surface area contributed by atoms with E-state index in [0.29, 0.717) is 10.8 Å². The summed E-state index contributed by atoms with van der Waals surface area (Å²) in [6.45, 7) is 8.17. The molecule has 4 nitrogen and oxygen atoms in total. The summed E-state index contributed by atoms with van der Waals surface area (Å²) in [6, 6.07) is 9.96. The Morgan fingerprint density at radius 3 is 2.50 bits per heavy atom. The molecule has 2 aromatic heterocycles. The summed E-state index contributed by atoms with van der Waals surface area (Å²) in [6.07, 6.45) is 1.74. The van der Waals surface area contributed by atoms with Gasteiger partial charge in [0.25, 0.3) is 0 Å². The quantitative estimate of drug-likeness (QED) is 0.571. The van der Waals surface area contributed by atoms with Crippen LogP contribution in [0.15, 0.2) is 41.1 Å². The lowest BCUT2D eigenvalue weighted by Crippen LogP contribution is -2.12. The number of hydrogen-bond acceptors (Lipinski definition) is 3. The number of nitrogens with zero attached hydrogens (tertiary/aromatic N) is 2. The molecule has 3 aromatic rings. The number of hydrogen-bond donors (Lipinski definition) is 2. The van der Waals surface area contributed by atoms with Crippen molar-refractivity contribution in [3.63, 3.8) is 0 Å². The van der Waals surface area contributed by atoms with Crippen LogP contribution in [0.3, 0.4) is 0 Å². The van der Waals surface area contributed by atoms with Crippen molar-refractivity contribution in [1.29, 1.82) is 0 Å². The van der Waals surface area contributed by atoms with Crippen molar-refractivity contribution < 1.29 is 0 Å². The number of nitrogens with one attached hydrogen (secondary N) is 1. The molecule has 0 aliphatic rings. The molecule has 0 bridgehead atoms. The van der Waals surface area contributed by atoms with Crippen molar-refractivity contribution in [2.75, 3.05) is 11.1 Å². The molecule has 0 amide bonds. The largest absolute Gasteiger partial charge is 0.384 e. The Hall–Kier alpha value is -1.72. The molecule has 0 unspecified atom stereocenters. The molecule has 3 N–H and O–H groups in total. The third-order valence-electron chi connectivity index (χ3n) is 3.37. The lowest BCUT2D eigenvalue weighted by atomic mass is 10.1. The van der Waals surface area contributed by atoms with E-state index in [1.165, 1.54) is 0 Å². The van der Waals surface area contributed by atoms with Gasteiger partial charge in [-0.1, -0.05) is 43.6 Å². The van der Waals surface area contributed by atoms with Gasteiger partial charge in [0.15, 0.2) is 5.65 Å². The van der Waals surface area contributed by atoms with E-state index >= 15 is 0 Å². The van der Waals surface area contributed by atoms with Gasteiger partial charge in [0.05, 0.1) is 11.9 Å². The normalized spacial score (nSPS) is 10.6. The smallest absolute Gasteiger partial charge is 0.162 e. The van der Waals surface area contributed by atoms with E-state index in [0.717, 1.165) is 27.1 Å². The fourth-order valence-corrected chi connectivity index (χ4v) is 3.16. The van der Waals surface area contributed by atoms with Crippen LogP contribution in [-0.2, 0) is 0 Å². The molecule has 6 heteroatoms. The first-order valence-electron chi connectivity index (χ1n) is 7.96. The van der Waals surface area contributed by atoms with Crippen LogP contribution < -0.4 is 11.1 Å². The molecule has 0 aliphatic heterocycles. The van der Waals surface area contributed by atoms with E-state index in [-0.39, 0.29) is 6.04 Å². The number of halogens is 2. The zero-order valence-corrected chi connectivity index (χ0v) is 16.6. The SMILES string of the molecule is CC.CC(C)Nc1cc(-c2ccccc2Cl)c(N)n2c(Br)cnc12. The number of aromatic nitrogens is 2. The zero-order valence-electron chi connectivity index (χ0n) is 14.3. The molecule has 0 radical (unpaired) electrons. The molecule has 1 aromatic carbocycles. The fraction of sp³-hybridized carbons (Fsp3) is 0.278. The van der Waals surface area contributed by atoms with Crippen molar-refractivity contribution >= 4 is 44.7 Å². The predicted octanol–water partition coefficient (Wildman–Crippen LogP) is 5.85. The molecule has 0 spiro atoms. The highest BCUT2D eigenvalue weighted by Crippen LogP contribution is 2.37. The van der Waals surface area contributed by atoms with E-state index in [9.17, 15) is 0 Å². The first kappa shape index (κ1) is 18.6. The van der Waals surface area contributed by atoms with Crippen molar-refractivity contribution in [1.82, 2.24) is 9.38 Å². The van der Waals surface area contributed by atoms with Gasteiger partial charge in [-0.25, -0.2) is 4.98 Å². The molecule has 24 heavy (non-hydrogen) atoms. The minimum Gasteiger partial charge on any atom is -0.384 e. The Morgan fingerprint density at radius 2 is 1.88 bits per heavy atom. The summed E-state index contributed by atoms with van der Waals surface area (Å²) < 4.78 is 2.68. The summed E-state index contributed by atoms with van der Waals surface area (Å²) in [5, 5.41) is 4.08. The Kier molecular flexibility index (Phi) is 6.13. The average Bonchev–Trinajstić information content (AvgIpc) is 2.95. The Morgan fingerprint density at radius 1 is 1.21 bits per heavy atom. The van der Waals surface area contributed by atoms with E-state index in [1.807, 2.05) is 48.6 Å². The van der Waals surface area contributed by atoms with Crippen molar-refractivity contribution in [2.24, 2.45) is 0 Å².